The minimum absolute atomic E-state index is 0.217. The number of methoxy groups -OCH3 is 1. The van der Waals surface area contributed by atoms with E-state index in [4.69, 9.17) is 9.84 Å². The van der Waals surface area contributed by atoms with Crippen LogP contribution in [0.2, 0.25) is 0 Å². The van der Waals surface area contributed by atoms with E-state index in [0.29, 0.717) is 0 Å². The van der Waals surface area contributed by atoms with Crippen molar-refractivity contribution < 1.29 is 14.6 Å². The Labute approximate surface area is 109 Å². The Morgan fingerprint density at radius 3 is 2.44 bits per heavy atom. The summed E-state index contributed by atoms with van der Waals surface area (Å²) in [4.78, 5) is 10.6. The van der Waals surface area contributed by atoms with Crippen LogP contribution in [0.3, 0.4) is 0 Å². The van der Waals surface area contributed by atoms with Crippen molar-refractivity contribution in [2.75, 3.05) is 7.11 Å². The summed E-state index contributed by atoms with van der Waals surface area (Å²) in [5.74, 6) is -0.0230. The van der Waals surface area contributed by atoms with Gasteiger partial charge in [-0.2, -0.15) is 0 Å². The normalized spacial score (nSPS) is 12.1. The molecule has 0 saturated heterocycles. The molecule has 3 heteroatoms. The predicted octanol–water partition coefficient (Wildman–Crippen LogP) is 3.52. The number of rotatable bonds is 8. The van der Waals surface area contributed by atoms with Gasteiger partial charge in [0.05, 0.1) is 13.0 Å². The molecule has 1 aromatic carbocycles. The lowest BCUT2D eigenvalue weighted by molar-refractivity contribution is -0.141. The lowest BCUT2D eigenvalue weighted by Gasteiger charge is -2.06. The number of aryl methyl sites for hydroxylation is 1. The van der Waals surface area contributed by atoms with Gasteiger partial charge in [-0.05, 0) is 37.0 Å². The van der Waals surface area contributed by atoms with Crippen molar-refractivity contribution in [1.82, 2.24) is 0 Å². The van der Waals surface area contributed by atoms with Crippen LogP contribution < -0.4 is 4.74 Å². The van der Waals surface area contributed by atoms with E-state index < -0.39 is 5.97 Å². The van der Waals surface area contributed by atoms with Gasteiger partial charge in [-0.3, -0.25) is 4.79 Å². The van der Waals surface area contributed by atoms with Gasteiger partial charge < -0.3 is 9.84 Å². The number of hydrogen-bond acceptors (Lipinski definition) is 2. The molecule has 1 atom stereocenters. The second kappa shape index (κ2) is 7.75. The van der Waals surface area contributed by atoms with E-state index >= 15 is 0 Å². The molecule has 0 heterocycles. The van der Waals surface area contributed by atoms with Gasteiger partial charge in [-0.15, -0.1) is 0 Å². The third-order valence-electron chi connectivity index (χ3n) is 3.18. The molecule has 0 aliphatic rings. The quantitative estimate of drug-likeness (QED) is 0.718. The molecule has 0 aliphatic carbocycles. The second-order valence-corrected chi connectivity index (χ2v) is 4.69. The molecular formula is C15H22O3. The van der Waals surface area contributed by atoms with E-state index in [1.54, 1.807) is 14.0 Å². The van der Waals surface area contributed by atoms with Crippen LogP contribution in [-0.4, -0.2) is 18.2 Å². The van der Waals surface area contributed by atoms with Crippen molar-refractivity contribution in [3.05, 3.63) is 29.8 Å². The fourth-order valence-corrected chi connectivity index (χ4v) is 1.87. The molecule has 1 N–H and O–H groups in total. The van der Waals surface area contributed by atoms with Gasteiger partial charge in [0.2, 0.25) is 0 Å². The fraction of sp³-hybridized carbons (Fsp3) is 0.533. The van der Waals surface area contributed by atoms with E-state index in [1.807, 2.05) is 12.1 Å². The topological polar surface area (TPSA) is 46.5 Å². The molecule has 0 fully saturated rings. The predicted molar refractivity (Wildman–Crippen MR) is 72.0 cm³/mol. The number of ether oxygens (including phenoxy) is 1. The summed E-state index contributed by atoms with van der Waals surface area (Å²) < 4.78 is 5.11. The number of hydrogen-bond donors (Lipinski definition) is 1. The lowest BCUT2D eigenvalue weighted by atomic mass is 10.0. The molecule has 0 bridgehead atoms. The standard InChI is InChI=1S/C15H22O3/c1-12(15(16)17)6-4-3-5-7-13-8-10-14(18-2)11-9-13/h8-12H,3-7H2,1-2H3,(H,16,17). The summed E-state index contributed by atoms with van der Waals surface area (Å²) in [5.41, 5.74) is 1.31. The molecule has 0 amide bonds. The zero-order chi connectivity index (χ0) is 13.4. The van der Waals surface area contributed by atoms with Gasteiger partial charge in [0, 0.05) is 0 Å². The minimum atomic E-state index is -0.690. The van der Waals surface area contributed by atoms with Gasteiger partial charge in [0.15, 0.2) is 0 Å². The molecule has 1 rings (SSSR count). The van der Waals surface area contributed by atoms with Crippen LogP contribution in [0.25, 0.3) is 0 Å². The molecule has 1 aromatic rings. The zero-order valence-electron chi connectivity index (χ0n) is 11.2. The van der Waals surface area contributed by atoms with Crippen molar-refractivity contribution in [2.45, 2.75) is 39.0 Å². The molecule has 3 nitrogen and oxygen atoms in total. The fourth-order valence-electron chi connectivity index (χ4n) is 1.87. The van der Waals surface area contributed by atoms with Crippen LogP contribution in [0.1, 0.15) is 38.2 Å². The van der Waals surface area contributed by atoms with Gasteiger partial charge in [-0.1, -0.05) is 31.9 Å². The first-order valence-electron chi connectivity index (χ1n) is 6.49. The molecule has 0 radical (unpaired) electrons. The average molecular weight is 250 g/mol. The molecule has 0 aliphatic heterocycles. The van der Waals surface area contributed by atoms with E-state index in [2.05, 4.69) is 12.1 Å². The summed E-state index contributed by atoms with van der Waals surface area (Å²) in [6.07, 6.45) is 5.01. The highest BCUT2D eigenvalue weighted by Crippen LogP contribution is 2.15. The van der Waals surface area contributed by atoms with E-state index in [-0.39, 0.29) is 5.92 Å². The average Bonchev–Trinajstić information content (AvgIpc) is 2.38. The highest BCUT2D eigenvalue weighted by molar-refractivity contribution is 5.69. The number of carbonyl (C=O) groups is 1. The van der Waals surface area contributed by atoms with Crippen molar-refractivity contribution >= 4 is 5.97 Å². The largest absolute Gasteiger partial charge is 0.497 e. The van der Waals surface area contributed by atoms with Crippen molar-refractivity contribution in [3.8, 4) is 5.75 Å². The van der Waals surface area contributed by atoms with Crippen molar-refractivity contribution in [1.29, 1.82) is 0 Å². The van der Waals surface area contributed by atoms with Crippen LogP contribution in [-0.2, 0) is 11.2 Å². The highest BCUT2D eigenvalue weighted by atomic mass is 16.5. The Kier molecular flexibility index (Phi) is 6.26. The number of unbranched alkanes of at least 4 members (excludes halogenated alkanes) is 2. The van der Waals surface area contributed by atoms with Gasteiger partial charge in [0.25, 0.3) is 0 Å². The van der Waals surface area contributed by atoms with E-state index in [0.717, 1.165) is 37.9 Å². The lowest BCUT2D eigenvalue weighted by Crippen LogP contribution is -2.08. The number of carboxylic acid groups (broad SMARTS) is 1. The highest BCUT2D eigenvalue weighted by Gasteiger charge is 2.09. The van der Waals surface area contributed by atoms with Gasteiger partial charge in [0.1, 0.15) is 5.75 Å². The SMILES string of the molecule is COc1ccc(CCCCCC(C)C(=O)O)cc1. The molecule has 0 aromatic heterocycles. The molecule has 18 heavy (non-hydrogen) atoms. The number of carboxylic acids is 1. The Bertz CT molecular complexity index is 357. The monoisotopic (exact) mass is 250 g/mol. The van der Waals surface area contributed by atoms with Crippen LogP contribution in [0.15, 0.2) is 24.3 Å². The molecule has 1 unspecified atom stereocenters. The first kappa shape index (κ1) is 14.6. The molecule has 100 valence electrons. The number of benzene rings is 1. The molecular weight excluding hydrogens is 228 g/mol. The summed E-state index contributed by atoms with van der Waals surface area (Å²) >= 11 is 0. The second-order valence-electron chi connectivity index (χ2n) is 4.69. The van der Waals surface area contributed by atoms with Crippen LogP contribution >= 0.6 is 0 Å². The van der Waals surface area contributed by atoms with Crippen molar-refractivity contribution in [2.24, 2.45) is 5.92 Å². The third kappa shape index (κ3) is 5.21. The first-order chi connectivity index (χ1) is 8.63. The first-order valence-corrected chi connectivity index (χ1v) is 6.49. The summed E-state index contributed by atoms with van der Waals surface area (Å²) in [6.45, 7) is 1.77. The summed E-state index contributed by atoms with van der Waals surface area (Å²) in [7, 11) is 1.67. The van der Waals surface area contributed by atoms with Crippen LogP contribution in [0.5, 0.6) is 5.75 Å². The third-order valence-corrected chi connectivity index (χ3v) is 3.18. The smallest absolute Gasteiger partial charge is 0.306 e. The zero-order valence-corrected chi connectivity index (χ0v) is 11.2. The van der Waals surface area contributed by atoms with Crippen molar-refractivity contribution in [3.63, 3.8) is 0 Å². The van der Waals surface area contributed by atoms with E-state index in [1.165, 1.54) is 5.56 Å². The minimum Gasteiger partial charge on any atom is -0.497 e. The Morgan fingerprint density at radius 1 is 1.22 bits per heavy atom. The summed E-state index contributed by atoms with van der Waals surface area (Å²) in [5, 5.41) is 8.75. The maximum Gasteiger partial charge on any atom is 0.306 e. The maximum atomic E-state index is 10.6. The Hall–Kier alpha value is -1.51. The number of aliphatic carboxylic acids is 1. The van der Waals surface area contributed by atoms with Gasteiger partial charge >= 0.3 is 5.97 Å². The molecule has 0 spiro atoms. The molecule has 0 saturated carbocycles. The Balaban J connectivity index is 2.15. The summed E-state index contributed by atoms with van der Waals surface area (Å²) in [6, 6.07) is 8.11. The van der Waals surface area contributed by atoms with Crippen LogP contribution in [0, 0.1) is 5.92 Å². The maximum absolute atomic E-state index is 10.6. The Morgan fingerprint density at radius 2 is 1.89 bits per heavy atom. The van der Waals surface area contributed by atoms with Crippen LogP contribution in [0.4, 0.5) is 0 Å². The van der Waals surface area contributed by atoms with Gasteiger partial charge in [-0.25, -0.2) is 0 Å². The van der Waals surface area contributed by atoms with E-state index in [9.17, 15) is 4.79 Å².